The highest BCUT2D eigenvalue weighted by atomic mass is 35.5. The fourth-order valence-electron chi connectivity index (χ4n) is 1.71. The number of hydrogen-bond acceptors (Lipinski definition) is 3. The molecule has 1 aromatic rings. The van der Waals surface area contributed by atoms with Crippen molar-refractivity contribution in [1.82, 2.24) is 0 Å². The first kappa shape index (κ1) is 17.0. The van der Waals surface area contributed by atoms with E-state index in [9.17, 15) is 9.00 Å². The molecule has 0 heterocycles. The van der Waals surface area contributed by atoms with E-state index in [-0.39, 0.29) is 5.91 Å². The van der Waals surface area contributed by atoms with Crippen molar-refractivity contribution in [2.45, 2.75) is 26.7 Å². The summed E-state index contributed by atoms with van der Waals surface area (Å²) >= 11 is 5.79. The van der Waals surface area contributed by atoms with Gasteiger partial charge in [-0.15, -0.1) is 0 Å². The molecule has 1 atom stereocenters. The zero-order chi connectivity index (χ0) is 15.1. The lowest BCUT2D eigenvalue weighted by molar-refractivity contribution is -0.116. The largest absolute Gasteiger partial charge is 0.397 e. The second-order valence-corrected chi connectivity index (χ2v) is 7.15. The fraction of sp³-hybridized carbons (Fsp3) is 0.500. The van der Waals surface area contributed by atoms with Crippen molar-refractivity contribution in [1.29, 1.82) is 0 Å². The van der Waals surface area contributed by atoms with Crippen molar-refractivity contribution in [3.63, 3.8) is 0 Å². The third-order valence-electron chi connectivity index (χ3n) is 2.58. The monoisotopic (exact) mass is 316 g/mol. The molecular formula is C14H21ClN2O2S. The van der Waals surface area contributed by atoms with Gasteiger partial charge in [0.2, 0.25) is 5.91 Å². The molecule has 112 valence electrons. The van der Waals surface area contributed by atoms with Gasteiger partial charge in [0.25, 0.3) is 0 Å². The van der Waals surface area contributed by atoms with Gasteiger partial charge >= 0.3 is 0 Å². The standard InChI is InChI=1S/C14H21ClN2O2S/c1-10(2)9-20(19)7-3-4-14(18)17-13-6-5-11(15)8-12(13)16/h5-6,8,10H,3-4,7,9,16H2,1-2H3,(H,17,18). The van der Waals surface area contributed by atoms with E-state index in [1.54, 1.807) is 18.2 Å². The number of nitrogens with two attached hydrogens (primary N) is 1. The average molecular weight is 317 g/mol. The summed E-state index contributed by atoms with van der Waals surface area (Å²) in [4.78, 5) is 11.8. The minimum Gasteiger partial charge on any atom is -0.397 e. The summed E-state index contributed by atoms with van der Waals surface area (Å²) in [5, 5.41) is 3.26. The number of nitrogens with one attached hydrogen (secondary N) is 1. The van der Waals surface area contributed by atoms with Crippen LogP contribution >= 0.6 is 11.6 Å². The molecular weight excluding hydrogens is 296 g/mol. The second-order valence-electron chi connectivity index (χ2n) is 5.09. The number of hydrogen-bond donors (Lipinski definition) is 2. The van der Waals surface area contributed by atoms with Crippen molar-refractivity contribution < 1.29 is 9.00 Å². The molecule has 0 spiro atoms. The van der Waals surface area contributed by atoms with Crippen molar-refractivity contribution >= 4 is 39.7 Å². The number of nitrogen functional groups attached to an aromatic ring is 1. The van der Waals surface area contributed by atoms with E-state index in [1.165, 1.54) is 0 Å². The normalized spacial score (nSPS) is 12.4. The summed E-state index contributed by atoms with van der Waals surface area (Å²) in [5.41, 5.74) is 6.75. The first-order valence-electron chi connectivity index (χ1n) is 6.58. The van der Waals surface area contributed by atoms with Crippen LogP contribution in [0.15, 0.2) is 18.2 Å². The Morgan fingerprint density at radius 2 is 2.15 bits per heavy atom. The Balaban J connectivity index is 2.35. The van der Waals surface area contributed by atoms with Crippen LogP contribution < -0.4 is 11.1 Å². The van der Waals surface area contributed by atoms with Crippen LogP contribution in [0, 0.1) is 5.92 Å². The van der Waals surface area contributed by atoms with Crippen molar-refractivity contribution in [2.75, 3.05) is 22.6 Å². The topological polar surface area (TPSA) is 72.2 Å². The predicted molar refractivity (Wildman–Crippen MR) is 86.4 cm³/mol. The smallest absolute Gasteiger partial charge is 0.224 e. The molecule has 0 aliphatic heterocycles. The van der Waals surface area contributed by atoms with Crippen LogP contribution in [-0.4, -0.2) is 21.6 Å². The summed E-state index contributed by atoms with van der Waals surface area (Å²) in [5.74, 6) is 1.53. The first-order chi connectivity index (χ1) is 9.38. The molecule has 0 radical (unpaired) electrons. The van der Waals surface area contributed by atoms with Crippen molar-refractivity contribution in [3.05, 3.63) is 23.2 Å². The predicted octanol–water partition coefficient (Wildman–Crippen LogP) is 3.05. The van der Waals surface area contributed by atoms with Gasteiger partial charge in [-0.3, -0.25) is 9.00 Å². The molecule has 0 aliphatic rings. The van der Waals surface area contributed by atoms with E-state index in [0.717, 1.165) is 0 Å². The molecule has 0 saturated heterocycles. The molecule has 1 amide bonds. The molecule has 4 nitrogen and oxygen atoms in total. The van der Waals surface area contributed by atoms with Gasteiger partial charge in [-0.2, -0.15) is 0 Å². The van der Waals surface area contributed by atoms with Gasteiger partial charge in [-0.05, 0) is 30.5 Å². The molecule has 1 aromatic carbocycles. The maximum Gasteiger partial charge on any atom is 0.224 e. The Labute approximate surface area is 127 Å². The minimum atomic E-state index is -0.843. The number of carbonyl (C=O) groups excluding carboxylic acids is 1. The molecule has 6 heteroatoms. The van der Waals surface area contributed by atoms with Crippen LogP contribution in [0.4, 0.5) is 11.4 Å². The molecule has 20 heavy (non-hydrogen) atoms. The minimum absolute atomic E-state index is 0.124. The fourth-order valence-corrected chi connectivity index (χ4v) is 3.27. The highest BCUT2D eigenvalue weighted by Crippen LogP contribution is 2.22. The Hall–Kier alpha value is -1.07. The van der Waals surface area contributed by atoms with E-state index in [2.05, 4.69) is 5.32 Å². The Morgan fingerprint density at radius 3 is 2.75 bits per heavy atom. The van der Waals surface area contributed by atoms with Crippen LogP contribution in [0.3, 0.4) is 0 Å². The maximum absolute atomic E-state index is 11.8. The van der Waals surface area contributed by atoms with Gasteiger partial charge in [0.15, 0.2) is 0 Å². The summed E-state index contributed by atoms with van der Waals surface area (Å²) in [6.07, 6.45) is 0.949. The maximum atomic E-state index is 11.8. The highest BCUT2D eigenvalue weighted by molar-refractivity contribution is 7.84. The number of amides is 1. The molecule has 0 saturated carbocycles. The van der Waals surface area contributed by atoms with Crippen LogP contribution in [0.1, 0.15) is 26.7 Å². The van der Waals surface area contributed by atoms with E-state index in [0.29, 0.717) is 46.7 Å². The third kappa shape index (κ3) is 6.39. The summed E-state index contributed by atoms with van der Waals surface area (Å²) in [6.45, 7) is 4.07. The van der Waals surface area contributed by atoms with Crippen LogP contribution in [0.2, 0.25) is 5.02 Å². The van der Waals surface area contributed by atoms with Gasteiger partial charge in [0.1, 0.15) is 0 Å². The van der Waals surface area contributed by atoms with Crippen molar-refractivity contribution in [3.8, 4) is 0 Å². The zero-order valence-corrected chi connectivity index (χ0v) is 13.4. The lowest BCUT2D eigenvalue weighted by Gasteiger charge is -2.08. The number of anilines is 2. The van der Waals surface area contributed by atoms with E-state index in [4.69, 9.17) is 17.3 Å². The summed E-state index contributed by atoms with van der Waals surface area (Å²) < 4.78 is 11.6. The number of carbonyl (C=O) groups is 1. The third-order valence-corrected chi connectivity index (χ3v) is 4.60. The summed E-state index contributed by atoms with van der Waals surface area (Å²) in [7, 11) is -0.843. The molecule has 3 N–H and O–H groups in total. The van der Waals surface area contributed by atoms with Gasteiger partial charge in [0.05, 0.1) is 11.4 Å². The lowest BCUT2D eigenvalue weighted by Crippen LogP contribution is -2.15. The van der Waals surface area contributed by atoms with Crippen LogP contribution in [0.25, 0.3) is 0 Å². The quantitative estimate of drug-likeness (QED) is 0.759. The van der Waals surface area contributed by atoms with Gasteiger partial charge in [-0.1, -0.05) is 25.4 Å². The molecule has 0 fully saturated rings. The van der Waals surface area contributed by atoms with Gasteiger partial charge in [-0.25, -0.2) is 0 Å². The SMILES string of the molecule is CC(C)CS(=O)CCCC(=O)Nc1ccc(Cl)cc1N. The van der Waals surface area contributed by atoms with E-state index >= 15 is 0 Å². The van der Waals surface area contributed by atoms with Crippen molar-refractivity contribution in [2.24, 2.45) is 5.92 Å². The average Bonchev–Trinajstić information content (AvgIpc) is 2.31. The van der Waals surface area contributed by atoms with Gasteiger partial charge < -0.3 is 11.1 Å². The number of rotatable bonds is 7. The van der Waals surface area contributed by atoms with Crippen LogP contribution in [-0.2, 0) is 15.6 Å². The second kappa shape index (κ2) is 8.27. The molecule has 0 aliphatic carbocycles. The Kier molecular flexibility index (Phi) is 7.02. The lowest BCUT2D eigenvalue weighted by atomic mass is 10.2. The zero-order valence-electron chi connectivity index (χ0n) is 11.8. The Bertz CT molecular complexity index is 492. The number of halogens is 1. The first-order valence-corrected chi connectivity index (χ1v) is 8.45. The van der Waals surface area contributed by atoms with E-state index in [1.807, 2.05) is 13.8 Å². The van der Waals surface area contributed by atoms with Crippen LogP contribution in [0.5, 0.6) is 0 Å². The molecule has 0 bridgehead atoms. The number of benzene rings is 1. The summed E-state index contributed by atoms with van der Waals surface area (Å²) in [6, 6.07) is 4.94. The molecule has 1 rings (SSSR count). The highest BCUT2D eigenvalue weighted by Gasteiger charge is 2.08. The Morgan fingerprint density at radius 1 is 1.45 bits per heavy atom. The van der Waals surface area contributed by atoms with E-state index < -0.39 is 10.8 Å². The molecule has 0 aromatic heterocycles. The molecule has 1 unspecified atom stereocenters. The van der Waals surface area contributed by atoms with Gasteiger partial charge in [0, 0.05) is 33.7 Å².